The molecule has 24 rings (SSSR count). The zero-order chi connectivity index (χ0) is 77.8. The fourth-order valence-electron chi connectivity index (χ4n) is 19.9. The first-order valence-electron chi connectivity index (χ1n) is 40.7. The number of fused-ring (bicyclic) bond motifs is 18. The van der Waals surface area contributed by atoms with E-state index in [2.05, 4.69) is 459 Å². The summed E-state index contributed by atoms with van der Waals surface area (Å²) in [4.78, 5) is 4.94. The smallest absolute Gasteiger partial charge is 0.145 e. The summed E-state index contributed by atoms with van der Waals surface area (Å²) >= 11 is 0. The summed E-state index contributed by atoms with van der Waals surface area (Å²) in [5.41, 5.74) is 28.8. The van der Waals surface area contributed by atoms with Gasteiger partial charge >= 0.3 is 0 Å². The van der Waals surface area contributed by atoms with E-state index < -0.39 is 10.8 Å². The molecule has 0 unspecified atom stereocenters. The zero-order valence-electron chi connectivity index (χ0n) is 64.4. The topological polar surface area (TPSA) is 32.8 Å². The third-order valence-electron chi connectivity index (χ3n) is 25.0. The van der Waals surface area contributed by atoms with Crippen LogP contribution in [0.15, 0.2) is 458 Å². The van der Waals surface area contributed by atoms with Crippen LogP contribution in [0.4, 0.5) is 34.1 Å². The Kier molecular flexibility index (Phi) is 16.0. The molecule has 118 heavy (non-hydrogen) atoms. The molecule has 552 valence electrons. The Labute approximate surface area is 683 Å². The predicted molar refractivity (Wildman–Crippen MR) is 492 cm³/mol. The zero-order valence-corrected chi connectivity index (χ0v) is 64.4. The monoisotopic (exact) mass is 1500 g/mol. The fraction of sp³-hybridized carbons (Fsp3) is 0.0175. The third kappa shape index (κ3) is 10.6. The van der Waals surface area contributed by atoms with E-state index >= 15 is 0 Å². The van der Waals surface area contributed by atoms with Crippen LogP contribution in [0.3, 0.4) is 0 Å². The molecule has 22 aromatic rings. The SMILES string of the molecule is c1ccc(C2(c3ccccc3)c3ccccc3-c3c(N(c4ccc(-c5ccc6ccccc6c5)cc4)c4cc5ccccc5c5oc6ccccc6c45)cccc32)cc1.c1ccc(C2(c3ccccc3)c3ccccc3-c3ccc(N(c4ccc(-c5cccc6ccccc56)cc4)c4cc5ccccc5c5oc6ccccc6c45)cc32)cc1. The van der Waals surface area contributed by atoms with Crippen molar-refractivity contribution in [2.45, 2.75) is 10.8 Å². The van der Waals surface area contributed by atoms with E-state index in [0.29, 0.717) is 0 Å². The van der Waals surface area contributed by atoms with Gasteiger partial charge < -0.3 is 18.6 Å². The first-order chi connectivity index (χ1) is 58.5. The van der Waals surface area contributed by atoms with Gasteiger partial charge in [0.05, 0.1) is 38.7 Å². The van der Waals surface area contributed by atoms with Crippen molar-refractivity contribution in [3.63, 3.8) is 0 Å². The van der Waals surface area contributed by atoms with Crippen molar-refractivity contribution in [3.05, 3.63) is 493 Å². The molecule has 4 nitrogen and oxygen atoms in total. The Hall–Kier alpha value is -15.4. The number of hydrogen-bond donors (Lipinski definition) is 0. The summed E-state index contributed by atoms with van der Waals surface area (Å²) < 4.78 is 13.6. The van der Waals surface area contributed by atoms with Crippen LogP contribution >= 0.6 is 0 Å². The molecule has 2 aromatic heterocycles. The minimum atomic E-state index is -0.532. The summed E-state index contributed by atoms with van der Waals surface area (Å²) in [6.07, 6.45) is 0. The Morgan fingerprint density at radius 3 is 1.17 bits per heavy atom. The molecule has 0 amide bonds. The molecule has 0 spiro atoms. The van der Waals surface area contributed by atoms with Crippen LogP contribution in [0.1, 0.15) is 44.5 Å². The number of benzene rings is 20. The first kappa shape index (κ1) is 68.3. The van der Waals surface area contributed by atoms with E-state index in [4.69, 9.17) is 8.83 Å². The summed E-state index contributed by atoms with van der Waals surface area (Å²) in [6.45, 7) is 0. The molecule has 2 aliphatic carbocycles. The van der Waals surface area contributed by atoms with E-state index in [0.717, 1.165) is 99.5 Å². The lowest BCUT2D eigenvalue weighted by Gasteiger charge is -2.35. The van der Waals surface area contributed by atoms with Crippen molar-refractivity contribution in [1.82, 2.24) is 0 Å². The lowest BCUT2D eigenvalue weighted by molar-refractivity contribution is 0.672. The number of para-hydroxylation sites is 2. The minimum Gasteiger partial charge on any atom is -0.455 e. The molecule has 0 bridgehead atoms. The standard InChI is InChI=1S/2C57H37NO/c1-3-19-41(20-4-1)57(42-21-5-2-6-22-42)51-28-13-11-25-48(51)49-35-34-44(37-52(49)57)58(43-32-30-39(31-33-43)46-27-15-18-38-16-7-9-23-45(38)46)53-36-40-17-8-10-24-47(40)56-55(53)50-26-12-14-29-54(50)59-56;1-3-19-43(20-4-1)57(44-21-5-2-6-22-44)49-26-13-11-24-47(49)54-50(57)27-15-28-51(54)58(45-34-32-39(33-35-45)41-31-30-38-16-7-8-17-40(38)36-41)52-37-42-18-9-10-23-46(42)56-55(52)48-25-12-14-29-53(48)59-56/h2*1-37H. The highest BCUT2D eigenvalue weighted by molar-refractivity contribution is 6.24. The molecule has 0 fully saturated rings. The van der Waals surface area contributed by atoms with Crippen molar-refractivity contribution in [3.8, 4) is 44.5 Å². The number of furan rings is 2. The second kappa shape index (κ2) is 27.7. The summed E-state index contributed by atoms with van der Waals surface area (Å²) in [6, 6.07) is 164. The first-order valence-corrected chi connectivity index (χ1v) is 40.7. The molecule has 0 N–H and O–H groups in total. The highest BCUT2D eigenvalue weighted by atomic mass is 16.3. The lowest BCUT2D eigenvalue weighted by atomic mass is 9.67. The van der Waals surface area contributed by atoms with Gasteiger partial charge in [0.2, 0.25) is 0 Å². The van der Waals surface area contributed by atoms with Crippen LogP contribution in [-0.4, -0.2) is 0 Å². The van der Waals surface area contributed by atoms with Crippen LogP contribution in [0.2, 0.25) is 0 Å². The average molecular weight is 1500 g/mol. The Morgan fingerprint density at radius 1 is 0.195 bits per heavy atom. The molecular weight excluding hydrogens is 1430 g/mol. The van der Waals surface area contributed by atoms with E-state index in [1.807, 2.05) is 0 Å². The molecule has 2 heterocycles. The van der Waals surface area contributed by atoms with Gasteiger partial charge in [-0.15, -0.1) is 0 Å². The van der Waals surface area contributed by atoms with Crippen molar-refractivity contribution in [1.29, 1.82) is 0 Å². The van der Waals surface area contributed by atoms with Gasteiger partial charge in [-0.25, -0.2) is 0 Å². The van der Waals surface area contributed by atoms with Gasteiger partial charge in [0.25, 0.3) is 0 Å². The summed E-state index contributed by atoms with van der Waals surface area (Å²) in [7, 11) is 0. The van der Waals surface area contributed by atoms with Gasteiger partial charge in [0.15, 0.2) is 0 Å². The van der Waals surface area contributed by atoms with E-state index in [9.17, 15) is 0 Å². The highest BCUT2D eigenvalue weighted by Gasteiger charge is 2.49. The Bertz CT molecular complexity index is 7590. The third-order valence-corrected chi connectivity index (χ3v) is 25.0. The second-order valence-corrected chi connectivity index (χ2v) is 31.2. The number of hydrogen-bond acceptors (Lipinski definition) is 4. The molecular formula is C114H74N2O2. The predicted octanol–water partition coefficient (Wildman–Crippen LogP) is 30.8. The lowest BCUT2D eigenvalue weighted by Crippen LogP contribution is -2.28. The molecule has 4 heteroatoms. The van der Waals surface area contributed by atoms with Gasteiger partial charge in [-0.05, 0) is 189 Å². The van der Waals surface area contributed by atoms with Crippen LogP contribution < -0.4 is 9.80 Å². The molecule has 0 aliphatic heterocycles. The summed E-state index contributed by atoms with van der Waals surface area (Å²) in [5.74, 6) is 0. The molecule has 0 radical (unpaired) electrons. The van der Waals surface area contributed by atoms with Gasteiger partial charge in [0, 0.05) is 44.2 Å². The summed E-state index contributed by atoms with van der Waals surface area (Å²) in [5, 5.41) is 13.8. The van der Waals surface area contributed by atoms with Gasteiger partial charge in [-0.1, -0.05) is 376 Å². The Balaban J connectivity index is 0.000000138. The van der Waals surface area contributed by atoms with E-state index in [1.165, 1.54) is 111 Å². The van der Waals surface area contributed by atoms with E-state index in [1.54, 1.807) is 0 Å². The largest absolute Gasteiger partial charge is 0.455 e. The highest BCUT2D eigenvalue weighted by Crippen LogP contribution is 2.62. The van der Waals surface area contributed by atoms with Crippen molar-refractivity contribution in [2.24, 2.45) is 0 Å². The van der Waals surface area contributed by atoms with Crippen molar-refractivity contribution >= 4 is 121 Å². The normalized spacial score (nSPS) is 12.9. The number of nitrogens with zero attached hydrogens (tertiary/aromatic N) is 2. The quantitative estimate of drug-likeness (QED) is 0.122. The molecule has 0 saturated heterocycles. The van der Waals surface area contributed by atoms with Crippen LogP contribution in [0.5, 0.6) is 0 Å². The maximum atomic E-state index is 6.81. The van der Waals surface area contributed by atoms with Gasteiger partial charge in [-0.3, -0.25) is 0 Å². The molecule has 2 aliphatic rings. The van der Waals surface area contributed by atoms with Gasteiger partial charge in [-0.2, -0.15) is 0 Å². The molecule has 0 atom stereocenters. The maximum absolute atomic E-state index is 6.81. The fourth-order valence-corrected chi connectivity index (χ4v) is 19.9. The number of rotatable bonds is 12. The second-order valence-electron chi connectivity index (χ2n) is 31.2. The van der Waals surface area contributed by atoms with Crippen LogP contribution in [0, 0.1) is 0 Å². The van der Waals surface area contributed by atoms with Crippen LogP contribution in [-0.2, 0) is 10.8 Å². The van der Waals surface area contributed by atoms with E-state index in [-0.39, 0.29) is 0 Å². The van der Waals surface area contributed by atoms with Crippen molar-refractivity contribution < 1.29 is 8.83 Å². The van der Waals surface area contributed by atoms with Crippen molar-refractivity contribution in [2.75, 3.05) is 9.80 Å². The maximum Gasteiger partial charge on any atom is 0.145 e. The Morgan fingerprint density at radius 2 is 0.585 bits per heavy atom. The minimum absolute atomic E-state index is 0.531. The van der Waals surface area contributed by atoms with Crippen LogP contribution in [0.25, 0.3) is 131 Å². The molecule has 0 saturated carbocycles. The average Bonchev–Trinajstić information content (AvgIpc) is 1.53. The molecule has 20 aromatic carbocycles. The van der Waals surface area contributed by atoms with Gasteiger partial charge in [0.1, 0.15) is 22.3 Å². The number of anilines is 6.